The number of rotatable bonds is 8. The molecule has 3 amide bonds. The topological polar surface area (TPSA) is 118 Å². The number of hydrogen-bond donors (Lipinski definition) is 3. The maximum absolute atomic E-state index is 14.2. The fourth-order valence-corrected chi connectivity index (χ4v) is 5.21. The molecule has 2 aromatic carbocycles. The summed E-state index contributed by atoms with van der Waals surface area (Å²) in [5.74, 6) is -1.73. The number of para-hydroxylation sites is 1. The molecule has 1 aliphatic rings. The normalized spacial score (nSPS) is 16.8. The molecule has 11 nitrogen and oxygen atoms in total. The van der Waals surface area contributed by atoms with Crippen LogP contribution in [-0.2, 0) is 11.8 Å². The third kappa shape index (κ3) is 6.25. The van der Waals surface area contributed by atoms with Crippen LogP contribution in [0.15, 0.2) is 60.9 Å². The average molecular weight is 579 g/mol. The van der Waals surface area contributed by atoms with E-state index >= 15 is 0 Å². The predicted octanol–water partition coefficient (Wildman–Crippen LogP) is 3.80. The zero-order chi connectivity index (χ0) is 29.8. The third-order valence-electron chi connectivity index (χ3n) is 7.30. The number of nitrogens with zero attached hydrogens (tertiary/aromatic N) is 5. The number of methoxy groups -OCH3 is 1. The highest BCUT2D eigenvalue weighted by molar-refractivity contribution is 5.91. The lowest BCUT2D eigenvalue weighted by Crippen LogP contribution is -2.43. The molecule has 0 spiro atoms. The number of halogens is 2. The van der Waals surface area contributed by atoms with E-state index in [2.05, 4.69) is 25.8 Å². The Morgan fingerprint density at radius 3 is 2.57 bits per heavy atom. The zero-order valence-corrected chi connectivity index (χ0v) is 23.5. The second-order valence-corrected chi connectivity index (χ2v) is 10.1. The molecule has 4 aromatic rings. The van der Waals surface area contributed by atoms with Gasteiger partial charge in [0.05, 0.1) is 25.0 Å². The van der Waals surface area contributed by atoms with Crippen LogP contribution in [0, 0.1) is 18.6 Å². The Hall–Kier alpha value is -4.78. The molecular formula is C29H32F2N8O3. The van der Waals surface area contributed by atoms with Crippen molar-refractivity contribution in [3.05, 3.63) is 83.7 Å². The van der Waals surface area contributed by atoms with Gasteiger partial charge in [0.2, 0.25) is 0 Å². The Morgan fingerprint density at radius 1 is 1.10 bits per heavy atom. The smallest absolute Gasteiger partial charge is 0.406 e. The Kier molecular flexibility index (Phi) is 8.48. The minimum absolute atomic E-state index is 0.322. The number of ether oxygens (including phenoxy) is 1. The lowest BCUT2D eigenvalue weighted by atomic mass is 9.94. The third-order valence-corrected chi connectivity index (χ3v) is 7.30. The Morgan fingerprint density at radius 2 is 1.88 bits per heavy atom. The standard InChI is InChI=1S/C29H32F2N8O3/c1-18-26(20-14-33-37(2)15-20)36-39(21-7-5-4-6-8-21)27(18)35-28(40)34-25-17-38(12-11-32-29(41)42-3)16-22(25)19-9-10-23(30)24(31)13-19/h4-10,13-15,22,25H,11-12,16-17H2,1-3H3,(H,32,41)(H2,34,35,40)/t22-,25+/m0/s1. The monoisotopic (exact) mass is 578 g/mol. The van der Waals surface area contributed by atoms with Crippen molar-refractivity contribution in [2.45, 2.75) is 18.9 Å². The first kappa shape index (κ1) is 28.7. The molecule has 0 bridgehead atoms. The molecule has 1 fully saturated rings. The highest BCUT2D eigenvalue weighted by Crippen LogP contribution is 2.31. The lowest BCUT2D eigenvalue weighted by molar-refractivity contribution is 0.169. The number of nitrogens with one attached hydrogen (secondary N) is 3. The molecule has 1 aliphatic heterocycles. The molecule has 220 valence electrons. The fraction of sp³-hybridized carbons (Fsp3) is 0.310. The van der Waals surface area contributed by atoms with Crippen LogP contribution in [0.1, 0.15) is 17.0 Å². The quantitative estimate of drug-likeness (QED) is 0.293. The molecule has 3 N–H and O–H groups in total. The highest BCUT2D eigenvalue weighted by Gasteiger charge is 2.35. The van der Waals surface area contributed by atoms with Crippen LogP contribution in [0.4, 0.5) is 24.2 Å². The number of aryl methyl sites for hydroxylation is 1. The molecule has 1 saturated heterocycles. The second kappa shape index (κ2) is 12.4. The van der Waals surface area contributed by atoms with Crippen molar-refractivity contribution < 1.29 is 23.1 Å². The van der Waals surface area contributed by atoms with Crippen LogP contribution in [-0.4, -0.2) is 75.9 Å². The summed E-state index contributed by atoms with van der Waals surface area (Å²) in [7, 11) is 3.10. The van der Waals surface area contributed by atoms with Gasteiger partial charge < -0.3 is 15.4 Å². The largest absolute Gasteiger partial charge is 0.453 e. The molecule has 13 heteroatoms. The van der Waals surface area contributed by atoms with Crippen molar-refractivity contribution in [1.82, 2.24) is 35.1 Å². The summed E-state index contributed by atoms with van der Waals surface area (Å²) in [6.07, 6.45) is 3.02. The van der Waals surface area contributed by atoms with Gasteiger partial charge in [-0.25, -0.2) is 23.1 Å². The Labute approximate surface area is 241 Å². The van der Waals surface area contributed by atoms with Gasteiger partial charge in [0.1, 0.15) is 11.5 Å². The summed E-state index contributed by atoms with van der Waals surface area (Å²) in [6.45, 7) is 3.56. The number of hydrogen-bond acceptors (Lipinski definition) is 6. The van der Waals surface area contributed by atoms with E-state index in [-0.39, 0.29) is 5.92 Å². The summed E-state index contributed by atoms with van der Waals surface area (Å²) in [5, 5.41) is 17.7. The molecule has 2 aromatic heterocycles. The Balaban J connectivity index is 1.39. The van der Waals surface area contributed by atoms with E-state index in [0.717, 1.165) is 28.9 Å². The molecule has 0 radical (unpaired) electrons. The average Bonchev–Trinajstić information content (AvgIpc) is 3.68. The van der Waals surface area contributed by atoms with Gasteiger partial charge in [-0.1, -0.05) is 24.3 Å². The zero-order valence-electron chi connectivity index (χ0n) is 23.5. The van der Waals surface area contributed by atoms with Crippen molar-refractivity contribution in [2.24, 2.45) is 7.05 Å². The highest BCUT2D eigenvalue weighted by atomic mass is 19.2. The van der Waals surface area contributed by atoms with Crippen molar-refractivity contribution in [1.29, 1.82) is 0 Å². The minimum atomic E-state index is -0.952. The van der Waals surface area contributed by atoms with Crippen molar-refractivity contribution in [2.75, 3.05) is 38.6 Å². The Bertz CT molecular complexity index is 1570. The number of amides is 3. The summed E-state index contributed by atoms with van der Waals surface area (Å²) < 4.78 is 35.8. The van der Waals surface area contributed by atoms with E-state index in [9.17, 15) is 18.4 Å². The number of anilines is 1. The summed E-state index contributed by atoms with van der Waals surface area (Å²) >= 11 is 0. The summed E-state index contributed by atoms with van der Waals surface area (Å²) in [6, 6.07) is 12.3. The van der Waals surface area contributed by atoms with Crippen LogP contribution in [0.2, 0.25) is 0 Å². The van der Waals surface area contributed by atoms with Crippen LogP contribution < -0.4 is 16.0 Å². The van der Waals surface area contributed by atoms with Gasteiger partial charge >= 0.3 is 12.1 Å². The predicted molar refractivity (Wildman–Crippen MR) is 152 cm³/mol. The van der Waals surface area contributed by atoms with E-state index in [1.54, 1.807) is 15.6 Å². The molecule has 0 aliphatic carbocycles. The maximum atomic E-state index is 14.2. The van der Waals surface area contributed by atoms with E-state index in [4.69, 9.17) is 5.10 Å². The van der Waals surface area contributed by atoms with Crippen LogP contribution in [0.25, 0.3) is 16.9 Å². The van der Waals surface area contributed by atoms with E-state index < -0.39 is 29.8 Å². The van der Waals surface area contributed by atoms with Crippen molar-refractivity contribution in [3.63, 3.8) is 0 Å². The van der Waals surface area contributed by atoms with E-state index in [1.807, 2.05) is 55.4 Å². The summed E-state index contributed by atoms with van der Waals surface area (Å²) in [5.41, 5.74) is 3.55. The molecule has 0 saturated carbocycles. The van der Waals surface area contributed by atoms with Crippen molar-refractivity contribution >= 4 is 17.9 Å². The van der Waals surface area contributed by atoms with Gasteiger partial charge in [0, 0.05) is 56.5 Å². The number of aromatic nitrogens is 4. The molecule has 0 unspecified atom stereocenters. The summed E-state index contributed by atoms with van der Waals surface area (Å²) in [4.78, 5) is 27.0. The van der Waals surface area contributed by atoms with Gasteiger partial charge in [-0.3, -0.25) is 14.9 Å². The van der Waals surface area contributed by atoms with Crippen LogP contribution in [0.3, 0.4) is 0 Å². The van der Waals surface area contributed by atoms with Crippen molar-refractivity contribution in [3.8, 4) is 16.9 Å². The number of alkyl carbamates (subject to hydrolysis) is 1. The molecule has 42 heavy (non-hydrogen) atoms. The number of benzene rings is 2. The fourth-order valence-electron chi connectivity index (χ4n) is 5.21. The van der Waals surface area contributed by atoms with Crippen LogP contribution >= 0.6 is 0 Å². The number of carbonyl (C=O) groups is 2. The van der Waals surface area contributed by atoms with Gasteiger partial charge in [-0.15, -0.1) is 0 Å². The SMILES string of the molecule is COC(=O)NCCN1C[C@@H](NC(=O)Nc2c(C)c(-c3cnn(C)c3)nn2-c2ccccc2)[C@H](c2ccc(F)c(F)c2)C1. The molecule has 5 rings (SSSR count). The molecular weight excluding hydrogens is 546 g/mol. The van der Waals surface area contributed by atoms with Gasteiger partial charge in [-0.05, 0) is 36.8 Å². The number of urea groups is 1. The molecule has 3 heterocycles. The minimum Gasteiger partial charge on any atom is -0.453 e. The second-order valence-electron chi connectivity index (χ2n) is 10.1. The lowest BCUT2D eigenvalue weighted by Gasteiger charge is -2.21. The first-order valence-electron chi connectivity index (χ1n) is 13.4. The maximum Gasteiger partial charge on any atom is 0.406 e. The van der Waals surface area contributed by atoms with Gasteiger partial charge in [0.15, 0.2) is 11.6 Å². The van der Waals surface area contributed by atoms with E-state index in [1.165, 1.54) is 13.2 Å². The first-order valence-corrected chi connectivity index (χ1v) is 13.4. The van der Waals surface area contributed by atoms with Gasteiger partial charge in [0.25, 0.3) is 0 Å². The number of likely N-dealkylation sites (tertiary alicyclic amines) is 1. The van der Waals surface area contributed by atoms with Gasteiger partial charge in [-0.2, -0.15) is 10.2 Å². The number of carbonyl (C=O) groups excluding carboxylic acids is 2. The van der Waals surface area contributed by atoms with Crippen LogP contribution in [0.5, 0.6) is 0 Å². The first-order chi connectivity index (χ1) is 20.2. The molecule has 2 atom stereocenters. The van der Waals surface area contributed by atoms with E-state index in [0.29, 0.717) is 43.3 Å².